The van der Waals surface area contributed by atoms with Gasteiger partial charge < -0.3 is 5.32 Å². The first-order valence-corrected chi connectivity index (χ1v) is 11.2. The molecule has 0 unspecified atom stereocenters. The second-order valence-corrected chi connectivity index (χ2v) is 8.94. The number of anilines is 1. The first-order chi connectivity index (χ1) is 14.8. The predicted octanol–water partition coefficient (Wildman–Crippen LogP) is 5.50. The Labute approximate surface area is 185 Å². The molecule has 2 heterocycles. The Morgan fingerprint density at radius 3 is 2.58 bits per heavy atom. The van der Waals surface area contributed by atoms with Gasteiger partial charge in [0.05, 0.1) is 11.7 Å². The molecule has 31 heavy (non-hydrogen) atoms. The number of amides is 1. The van der Waals surface area contributed by atoms with Gasteiger partial charge in [-0.2, -0.15) is 0 Å². The molecule has 2 aromatic carbocycles. The highest BCUT2D eigenvalue weighted by molar-refractivity contribution is 7.17. The maximum Gasteiger partial charge on any atom is 0.263 e. The second-order valence-electron chi connectivity index (χ2n) is 8.08. The Bertz CT molecular complexity index is 1320. The van der Waals surface area contributed by atoms with E-state index in [9.17, 15) is 9.59 Å². The van der Waals surface area contributed by atoms with Crippen LogP contribution in [0.25, 0.3) is 21.3 Å². The van der Waals surface area contributed by atoms with E-state index in [0.717, 1.165) is 27.9 Å². The van der Waals surface area contributed by atoms with Gasteiger partial charge in [0.25, 0.3) is 5.56 Å². The lowest BCUT2D eigenvalue weighted by Crippen LogP contribution is -2.28. The van der Waals surface area contributed by atoms with Gasteiger partial charge in [0, 0.05) is 16.6 Å². The summed E-state index contributed by atoms with van der Waals surface area (Å²) in [6.07, 6.45) is 1.45. The third kappa shape index (κ3) is 4.16. The van der Waals surface area contributed by atoms with Gasteiger partial charge in [-0.05, 0) is 48.1 Å². The third-order valence-electron chi connectivity index (χ3n) is 5.64. The van der Waals surface area contributed by atoms with Crippen LogP contribution >= 0.6 is 11.3 Å². The van der Waals surface area contributed by atoms with Crippen LogP contribution in [-0.2, 0) is 11.3 Å². The van der Waals surface area contributed by atoms with Gasteiger partial charge in [-0.15, -0.1) is 11.3 Å². The summed E-state index contributed by atoms with van der Waals surface area (Å²) in [5, 5.41) is 5.43. The summed E-state index contributed by atoms with van der Waals surface area (Å²) in [4.78, 5) is 31.0. The average Bonchev–Trinajstić information content (AvgIpc) is 3.18. The van der Waals surface area contributed by atoms with E-state index in [2.05, 4.69) is 36.3 Å². The van der Waals surface area contributed by atoms with Crippen molar-refractivity contribution < 1.29 is 4.79 Å². The number of carbonyl (C=O) groups excluding carboxylic acids is 1. The number of benzene rings is 2. The van der Waals surface area contributed by atoms with Crippen LogP contribution in [0.3, 0.4) is 0 Å². The first-order valence-electron chi connectivity index (χ1n) is 10.3. The Kier molecular flexibility index (Phi) is 5.74. The van der Waals surface area contributed by atoms with E-state index in [1.54, 1.807) is 0 Å². The molecule has 0 fully saturated rings. The number of hydrogen-bond acceptors (Lipinski definition) is 4. The number of rotatable bonds is 5. The van der Waals surface area contributed by atoms with Gasteiger partial charge in [-0.3, -0.25) is 14.2 Å². The van der Waals surface area contributed by atoms with Crippen molar-refractivity contribution in [1.82, 2.24) is 9.55 Å². The minimum absolute atomic E-state index is 0.0866. The number of carbonyl (C=O) groups is 1. The Hall–Kier alpha value is -3.25. The third-order valence-corrected chi connectivity index (χ3v) is 6.53. The zero-order valence-corrected chi connectivity index (χ0v) is 18.9. The first kappa shape index (κ1) is 21.0. The van der Waals surface area contributed by atoms with E-state index in [1.807, 2.05) is 49.6 Å². The Morgan fingerprint density at radius 2 is 1.87 bits per heavy atom. The lowest BCUT2D eigenvalue weighted by Gasteiger charge is -2.11. The van der Waals surface area contributed by atoms with Crippen molar-refractivity contribution in [2.75, 3.05) is 5.32 Å². The summed E-state index contributed by atoms with van der Waals surface area (Å²) >= 11 is 1.44. The van der Waals surface area contributed by atoms with Crippen molar-refractivity contribution in [2.24, 2.45) is 0 Å². The number of fused-ring (bicyclic) bond motifs is 1. The largest absolute Gasteiger partial charge is 0.324 e. The summed E-state index contributed by atoms with van der Waals surface area (Å²) in [5.41, 5.74) is 5.76. The zero-order chi connectivity index (χ0) is 22.1. The number of aryl methyl sites for hydroxylation is 1. The summed E-state index contributed by atoms with van der Waals surface area (Å²) in [6.45, 7) is 8.19. The van der Waals surface area contributed by atoms with Crippen molar-refractivity contribution in [3.63, 3.8) is 0 Å². The molecular weight excluding hydrogens is 406 g/mol. The zero-order valence-electron chi connectivity index (χ0n) is 18.1. The van der Waals surface area contributed by atoms with Gasteiger partial charge in [0.1, 0.15) is 11.4 Å². The Balaban J connectivity index is 1.65. The van der Waals surface area contributed by atoms with Crippen LogP contribution in [0.5, 0.6) is 0 Å². The van der Waals surface area contributed by atoms with Crippen molar-refractivity contribution in [3.8, 4) is 11.1 Å². The second kappa shape index (κ2) is 8.47. The van der Waals surface area contributed by atoms with Gasteiger partial charge >= 0.3 is 0 Å². The number of aromatic nitrogens is 2. The lowest BCUT2D eigenvalue weighted by atomic mass is 9.99. The van der Waals surface area contributed by atoms with Crippen LogP contribution in [0, 0.1) is 13.8 Å². The quantitative estimate of drug-likeness (QED) is 0.453. The number of nitrogens with one attached hydrogen (secondary N) is 1. The molecule has 0 spiro atoms. The smallest absolute Gasteiger partial charge is 0.263 e. The maximum absolute atomic E-state index is 13.2. The molecule has 0 aliphatic heterocycles. The molecule has 0 saturated carbocycles. The molecule has 4 aromatic rings. The van der Waals surface area contributed by atoms with Gasteiger partial charge in [0.2, 0.25) is 5.91 Å². The summed E-state index contributed by atoms with van der Waals surface area (Å²) in [5.74, 6) is 0.192. The highest BCUT2D eigenvalue weighted by Gasteiger charge is 2.15. The normalized spacial score (nSPS) is 11.3. The van der Waals surface area contributed by atoms with Crippen LogP contribution in [0.15, 0.2) is 59.0 Å². The maximum atomic E-state index is 13.2. The van der Waals surface area contributed by atoms with Crippen LogP contribution in [0.1, 0.15) is 36.5 Å². The molecule has 1 N–H and O–H groups in total. The average molecular weight is 432 g/mol. The van der Waals surface area contributed by atoms with Gasteiger partial charge in [-0.25, -0.2) is 4.98 Å². The van der Waals surface area contributed by atoms with E-state index < -0.39 is 0 Å². The molecule has 0 radical (unpaired) electrons. The monoisotopic (exact) mass is 431 g/mol. The molecule has 2 aromatic heterocycles. The van der Waals surface area contributed by atoms with Crippen LogP contribution in [0.4, 0.5) is 5.69 Å². The molecule has 0 aliphatic carbocycles. The highest BCUT2D eigenvalue weighted by atomic mass is 32.1. The molecule has 158 valence electrons. The minimum atomic E-state index is -0.255. The molecule has 4 rings (SSSR count). The minimum Gasteiger partial charge on any atom is -0.324 e. The number of hydrogen-bond donors (Lipinski definition) is 1. The van der Waals surface area contributed by atoms with Gasteiger partial charge in [-0.1, -0.05) is 50.2 Å². The molecule has 5 nitrogen and oxygen atoms in total. The SMILES string of the molecule is Cc1cccc(NC(=O)Cn2cnc3scc(-c4ccc(C(C)C)cc4)c3c2=O)c1C. The number of thiophene rings is 1. The fourth-order valence-electron chi connectivity index (χ4n) is 3.57. The van der Waals surface area contributed by atoms with Crippen molar-refractivity contribution >= 4 is 33.1 Å². The molecule has 0 aliphatic rings. The molecule has 1 amide bonds. The Morgan fingerprint density at radius 1 is 1.13 bits per heavy atom. The van der Waals surface area contributed by atoms with E-state index in [0.29, 0.717) is 16.1 Å². The molecule has 0 saturated heterocycles. The summed E-state index contributed by atoms with van der Waals surface area (Å²) < 4.78 is 1.38. The van der Waals surface area contributed by atoms with Crippen molar-refractivity contribution in [3.05, 3.63) is 81.2 Å². The number of nitrogens with zero attached hydrogens (tertiary/aromatic N) is 2. The van der Waals surface area contributed by atoms with E-state index in [4.69, 9.17) is 0 Å². The standard InChI is InChI=1S/C25H25N3O2S/c1-15(2)18-8-10-19(11-9-18)20-13-31-24-23(20)25(30)28(14-26-24)12-22(29)27-21-7-5-6-16(3)17(21)4/h5-11,13-15H,12H2,1-4H3,(H,27,29). The fraction of sp³-hybridized carbons (Fsp3) is 0.240. The van der Waals surface area contributed by atoms with Crippen LogP contribution < -0.4 is 10.9 Å². The molecule has 0 atom stereocenters. The van der Waals surface area contributed by atoms with Crippen LogP contribution in [-0.4, -0.2) is 15.5 Å². The van der Waals surface area contributed by atoms with E-state index in [-0.39, 0.29) is 18.0 Å². The van der Waals surface area contributed by atoms with Crippen LogP contribution in [0.2, 0.25) is 0 Å². The van der Waals surface area contributed by atoms with E-state index >= 15 is 0 Å². The van der Waals surface area contributed by atoms with Gasteiger partial charge in [0.15, 0.2) is 0 Å². The highest BCUT2D eigenvalue weighted by Crippen LogP contribution is 2.31. The molecular formula is C25H25N3O2S. The fourth-order valence-corrected chi connectivity index (χ4v) is 4.48. The summed E-state index contributed by atoms with van der Waals surface area (Å²) in [6, 6.07) is 14.0. The lowest BCUT2D eigenvalue weighted by molar-refractivity contribution is -0.116. The molecule has 6 heteroatoms. The predicted molar refractivity (Wildman–Crippen MR) is 128 cm³/mol. The van der Waals surface area contributed by atoms with Crippen molar-refractivity contribution in [2.45, 2.75) is 40.2 Å². The molecule has 0 bridgehead atoms. The summed E-state index contributed by atoms with van der Waals surface area (Å²) in [7, 11) is 0. The van der Waals surface area contributed by atoms with E-state index in [1.165, 1.54) is 27.8 Å². The topological polar surface area (TPSA) is 64.0 Å². The van der Waals surface area contributed by atoms with Crippen molar-refractivity contribution in [1.29, 1.82) is 0 Å².